The molecule has 1 N–H and O–H groups in total. The van der Waals surface area contributed by atoms with Crippen LogP contribution in [-0.2, 0) is 21.7 Å². The first-order chi connectivity index (χ1) is 17.5. The summed E-state index contributed by atoms with van der Waals surface area (Å²) in [6.07, 6.45) is 0.379. The molecule has 1 saturated heterocycles. The number of ether oxygens (including phenoxy) is 2. The molecule has 2 aromatic heterocycles. The second-order valence-electron chi connectivity index (χ2n) is 10.8. The van der Waals surface area contributed by atoms with Crippen LogP contribution in [0.2, 0.25) is 0 Å². The fraction of sp³-hybridized carbons (Fsp3) is 0.345. The van der Waals surface area contributed by atoms with Crippen molar-refractivity contribution >= 4 is 49.5 Å². The van der Waals surface area contributed by atoms with E-state index in [2.05, 4.69) is 88.9 Å². The number of methoxy groups -OCH3 is 1. The summed E-state index contributed by atoms with van der Waals surface area (Å²) in [6.45, 7) is 2.70. The maximum atomic E-state index is 13.4. The van der Waals surface area contributed by atoms with E-state index in [1.54, 1.807) is 7.11 Å². The van der Waals surface area contributed by atoms with Crippen molar-refractivity contribution in [3.05, 3.63) is 59.7 Å². The normalized spacial score (nSPS) is 27.0. The molecule has 36 heavy (non-hydrogen) atoms. The minimum Gasteiger partial charge on any atom is -0.375 e. The number of aromatic nitrogens is 2. The molecule has 5 heterocycles. The third-order valence-electron chi connectivity index (χ3n) is 8.86. The molecule has 182 valence electrons. The molecule has 1 fully saturated rings. The first-order valence-electron chi connectivity index (χ1n) is 12.6. The van der Waals surface area contributed by atoms with Crippen LogP contribution in [0.5, 0.6) is 0 Å². The number of nitrogens with zero attached hydrogens (tertiary/aromatic N) is 3. The van der Waals surface area contributed by atoms with Crippen molar-refractivity contribution in [3.8, 4) is 0 Å². The Morgan fingerprint density at radius 2 is 1.72 bits per heavy atom. The minimum absolute atomic E-state index is 0.00641. The van der Waals surface area contributed by atoms with Gasteiger partial charge in [-0.1, -0.05) is 36.4 Å². The third-order valence-corrected chi connectivity index (χ3v) is 8.86. The van der Waals surface area contributed by atoms with Crippen LogP contribution in [0.1, 0.15) is 35.5 Å². The molecule has 7 heteroatoms. The summed E-state index contributed by atoms with van der Waals surface area (Å²) in [5.74, 6) is 0.00641. The highest BCUT2D eigenvalue weighted by Crippen LogP contribution is 2.54. The number of benzene rings is 3. The Morgan fingerprint density at radius 1 is 1.03 bits per heavy atom. The highest BCUT2D eigenvalue weighted by atomic mass is 16.6. The van der Waals surface area contributed by atoms with Crippen LogP contribution in [0.25, 0.3) is 43.6 Å². The first kappa shape index (κ1) is 20.8. The molecule has 0 spiro atoms. The molecule has 3 aromatic carbocycles. The number of hydrogen-bond donors (Lipinski definition) is 1. The third kappa shape index (κ3) is 2.19. The Morgan fingerprint density at radius 3 is 2.44 bits per heavy atom. The van der Waals surface area contributed by atoms with E-state index in [1.165, 1.54) is 0 Å². The standard InChI is InChI=1S/C29H28N4O3/c1-29-27(35-4)20(31(2)3)13-21(36-29)32-18-11-7-5-9-15(18)23-24-17(14-30-28(24)34)22-16-10-6-8-12-19(16)33(29)26(22)25(23)32/h5-12,20-21,27H,13-14H2,1-4H3,(H,30,34)/t20-,21-,27-,29+/m0/s1. The van der Waals surface area contributed by atoms with Crippen LogP contribution in [0, 0.1) is 0 Å². The van der Waals surface area contributed by atoms with Gasteiger partial charge >= 0.3 is 0 Å². The zero-order chi connectivity index (χ0) is 24.5. The lowest BCUT2D eigenvalue weighted by Gasteiger charge is -2.50. The number of amides is 1. The topological polar surface area (TPSA) is 60.7 Å². The largest absolute Gasteiger partial charge is 0.375 e. The zero-order valence-corrected chi connectivity index (χ0v) is 20.8. The molecular weight excluding hydrogens is 452 g/mol. The maximum Gasteiger partial charge on any atom is 0.252 e. The van der Waals surface area contributed by atoms with Crippen molar-refractivity contribution in [2.24, 2.45) is 0 Å². The van der Waals surface area contributed by atoms with Crippen LogP contribution < -0.4 is 5.32 Å². The quantitative estimate of drug-likeness (QED) is 0.398. The van der Waals surface area contributed by atoms with Gasteiger partial charge in [-0.05, 0) is 38.7 Å². The van der Waals surface area contributed by atoms with Crippen molar-refractivity contribution in [2.75, 3.05) is 21.2 Å². The van der Waals surface area contributed by atoms with Crippen molar-refractivity contribution in [3.63, 3.8) is 0 Å². The van der Waals surface area contributed by atoms with Gasteiger partial charge in [-0.25, -0.2) is 0 Å². The van der Waals surface area contributed by atoms with Crippen LogP contribution >= 0.6 is 0 Å². The van der Waals surface area contributed by atoms with Crippen LogP contribution in [0.3, 0.4) is 0 Å². The molecule has 3 aliphatic heterocycles. The van der Waals surface area contributed by atoms with E-state index >= 15 is 0 Å². The number of para-hydroxylation sites is 2. The average Bonchev–Trinajstić information content (AvgIpc) is 3.51. The van der Waals surface area contributed by atoms with Gasteiger partial charge in [-0.2, -0.15) is 0 Å². The molecule has 0 unspecified atom stereocenters. The van der Waals surface area contributed by atoms with Gasteiger partial charge in [0.1, 0.15) is 12.3 Å². The van der Waals surface area contributed by atoms with E-state index in [-0.39, 0.29) is 24.3 Å². The van der Waals surface area contributed by atoms with Gasteiger partial charge in [0, 0.05) is 47.7 Å². The van der Waals surface area contributed by atoms with Crippen LogP contribution in [0.4, 0.5) is 0 Å². The Labute approximate surface area is 208 Å². The van der Waals surface area contributed by atoms with Gasteiger partial charge in [-0.3, -0.25) is 4.79 Å². The van der Waals surface area contributed by atoms with Crippen molar-refractivity contribution in [1.29, 1.82) is 0 Å². The number of rotatable bonds is 2. The Bertz CT molecular complexity index is 1780. The fourth-order valence-electron chi connectivity index (χ4n) is 7.51. The summed E-state index contributed by atoms with van der Waals surface area (Å²) < 4.78 is 18.2. The van der Waals surface area contributed by atoms with Gasteiger partial charge < -0.3 is 28.8 Å². The summed E-state index contributed by atoms with van der Waals surface area (Å²) in [7, 11) is 6.03. The van der Waals surface area contributed by atoms with Crippen molar-refractivity contribution in [1.82, 2.24) is 19.4 Å². The van der Waals surface area contributed by atoms with E-state index in [0.29, 0.717) is 6.54 Å². The van der Waals surface area contributed by atoms with Crippen molar-refractivity contribution < 1.29 is 14.3 Å². The molecular formula is C29H28N4O3. The number of nitrogens with one attached hydrogen (secondary N) is 1. The number of carbonyl (C=O) groups excluding carboxylic acids is 1. The monoisotopic (exact) mass is 480 g/mol. The molecule has 0 aliphatic carbocycles. The molecule has 8 rings (SSSR count). The summed E-state index contributed by atoms with van der Waals surface area (Å²) in [5.41, 5.74) is 5.54. The smallest absolute Gasteiger partial charge is 0.252 e. The van der Waals surface area contributed by atoms with E-state index < -0.39 is 5.72 Å². The second kappa shape index (κ2) is 6.68. The van der Waals surface area contributed by atoms with Crippen LogP contribution in [-0.4, -0.2) is 53.3 Å². The Balaban J connectivity index is 1.70. The van der Waals surface area contributed by atoms with Gasteiger partial charge in [0.2, 0.25) is 0 Å². The summed E-state index contributed by atoms with van der Waals surface area (Å²) in [5, 5.41) is 7.55. The van der Waals surface area contributed by atoms with Crippen LogP contribution in [0.15, 0.2) is 48.5 Å². The minimum atomic E-state index is -0.759. The molecule has 1 amide bonds. The SMILES string of the molecule is CO[C@H]1[C@@H](N(C)C)C[C@@H]2O[C@@]1(C)n1c3ccccc3c3c4c(c5c6ccccc6n2c5c31)C(=O)NC4. The lowest BCUT2D eigenvalue weighted by molar-refractivity contribution is -0.266. The summed E-state index contributed by atoms with van der Waals surface area (Å²) >= 11 is 0. The highest BCUT2D eigenvalue weighted by Gasteiger charge is 2.53. The fourth-order valence-corrected chi connectivity index (χ4v) is 7.51. The lowest BCUT2D eigenvalue weighted by atomic mass is 9.92. The predicted molar refractivity (Wildman–Crippen MR) is 140 cm³/mol. The van der Waals surface area contributed by atoms with E-state index in [4.69, 9.17) is 9.47 Å². The molecule has 0 saturated carbocycles. The summed E-state index contributed by atoms with van der Waals surface area (Å²) in [6, 6.07) is 17.1. The number of hydrogen-bond acceptors (Lipinski definition) is 4. The van der Waals surface area contributed by atoms with E-state index in [1.807, 2.05) is 0 Å². The van der Waals surface area contributed by atoms with Gasteiger partial charge in [0.15, 0.2) is 5.72 Å². The molecule has 0 radical (unpaired) electrons. The molecule has 2 bridgehead atoms. The molecule has 7 nitrogen and oxygen atoms in total. The first-order valence-corrected chi connectivity index (χ1v) is 12.6. The van der Waals surface area contributed by atoms with E-state index in [0.717, 1.165) is 61.2 Å². The molecule has 5 aromatic rings. The second-order valence-corrected chi connectivity index (χ2v) is 10.8. The molecule has 4 atom stereocenters. The maximum absolute atomic E-state index is 13.4. The number of fused-ring (bicyclic) bond motifs is 13. The zero-order valence-electron chi connectivity index (χ0n) is 20.8. The molecule has 3 aliphatic rings. The predicted octanol–water partition coefficient (Wildman–Crippen LogP) is 4.70. The van der Waals surface area contributed by atoms with Crippen molar-refractivity contribution in [2.45, 2.75) is 44.0 Å². The van der Waals surface area contributed by atoms with Gasteiger partial charge in [0.05, 0.1) is 27.6 Å². The lowest BCUT2D eigenvalue weighted by Crippen LogP contribution is -2.59. The Hall–Kier alpha value is -3.39. The van der Waals surface area contributed by atoms with Gasteiger partial charge in [0.25, 0.3) is 5.91 Å². The highest BCUT2D eigenvalue weighted by molar-refractivity contribution is 6.31. The number of carbonyl (C=O) groups is 1. The van der Waals surface area contributed by atoms with Gasteiger partial charge in [-0.15, -0.1) is 0 Å². The van der Waals surface area contributed by atoms with E-state index in [9.17, 15) is 4.79 Å². The number of likely N-dealkylation sites (N-methyl/N-ethyl adjacent to an activating group) is 1. The Kier molecular flexibility index (Phi) is 3.85. The average molecular weight is 481 g/mol. The summed E-state index contributed by atoms with van der Waals surface area (Å²) in [4.78, 5) is 15.6.